The lowest BCUT2D eigenvalue weighted by molar-refractivity contribution is -0.119. The molecule has 2 heterocycles. The van der Waals surface area contributed by atoms with Crippen molar-refractivity contribution in [2.24, 2.45) is 0 Å². The summed E-state index contributed by atoms with van der Waals surface area (Å²) in [6.07, 6.45) is 2.04. The van der Waals surface area contributed by atoms with Gasteiger partial charge < -0.3 is 5.32 Å². The quantitative estimate of drug-likeness (QED) is 0.452. The lowest BCUT2D eigenvalue weighted by atomic mass is 10.0. The molecule has 1 aliphatic rings. The van der Waals surface area contributed by atoms with Crippen LogP contribution in [0.5, 0.6) is 0 Å². The van der Waals surface area contributed by atoms with Gasteiger partial charge in [-0.2, -0.15) is 4.68 Å². The first-order valence-corrected chi connectivity index (χ1v) is 11.1. The summed E-state index contributed by atoms with van der Waals surface area (Å²) in [5.41, 5.74) is 3.52. The number of nitrogens with zero attached hydrogens (tertiary/aromatic N) is 5. The topological polar surface area (TPSA) is 75.9 Å². The monoisotopic (exact) mass is 474 g/mol. The van der Waals surface area contributed by atoms with Gasteiger partial charge in [0.2, 0.25) is 5.91 Å². The van der Waals surface area contributed by atoms with Crippen molar-refractivity contribution in [1.29, 1.82) is 0 Å². The van der Waals surface area contributed by atoms with E-state index in [1.807, 2.05) is 60.7 Å². The predicted octanol–water partition coefficient (Wildman–Crippen LogP) is 4.23. The zero-order valence-corrected chi connectivity index (χ0v) is 18.7. The molecule has 0 saturated heterocycles. The molecule has 0 spiro atoms. The molecule has 5 rings (SSSR count). The van der Waals surface area contributed by atoms with Crippen LogP contribution in [0.2, 0.25) is 5.02 Å². The van der Waals surface area contributed by atoms with Crippen LogP contribution in [0.3, 0.4) is 0 Å². The Morgan fingerprint density at radius 1 is 1.00 bits per heavy atom. The first-order valence-electron chi connectivity index (χ1n) is 10.7. The largest absolute Gasteiger partial charge is 0.350 e. The molecule has 1 aromatic heterocycles. The van der Waals surface area contributed by atoms with Gasteiger partial charge in [0, 0.05) is 11.6 Å². The molecule has 170 valence electrons. The Morgan fingerprint density at radius 2 is 1.74 bits per heavy atom. The third-order valence-electron chi connectivity index (χ3n) is 5.57. The van der Waals surface area contributed by atoms with E-state index in [2.05, 4.69) is 20.8 Å². The van der Waals surface area contributed by atoms with Crippen LogP contribution in [0.25, 0.3) is 5.70 Å². The van der Waals surface area contributed by atoms with E-state index in [1.165, 1.54) is 12.1 Å². The zero-order valence-electron chi connectivity index (χ0n) is 18.0. The SMILES string of the molecule is O=C(CN1C(c2ccccc2)=C[C@@H](c2ccc(Cl)cc2)n2nnnc21)NCc1ccc(F)cc1. The summed E-state index contributed by atoms with van der Waals surface area (Å²) in [6, 6.07) is 23.1. The van der Waals surface area contributed by atoms with Crippen LogP contribution in [0.15, 0.2) is 84.9 Å². The number of carbonyl (C=O) groups is 1. The van der Waals surface area contributed by atoms with Gasteiger partial charge in [-0.1, -0.05) is 71.3 Å². The molecular formula is C25H20ClFN6O. The van der Waals surface area contributed by atoms with E-state index in [4.69, 9.17) is 11.6 Å². The van der Waals surface area contributed by atoms with E-state index in [-0.39, 0.29) is 30.9 Å². The fourth-order valence-electron chi connectivity index (χ4n) is 3.88. The summed E-state index contributed by atoms with van der Waals surface area (Å²) < 4.78 is 14.8. The van der Waals surface area contributed by atoms with Gasteiger partial charge in [-0.15, -0.1) is 0 Å². The first-order chi connectivity index (χ1) is 16.6. The molecule has 7 nitrogen and oxygen atoms in total. The van der Waals surface area contributed by atoms with Crippen LogP contribution in [-0.2, 0) is 11.3 Å². The molecule has 1 aliphatic heterocycles. The van der Waals surface area contributed by atoms with Gasteiger partial charge >= 0.3 is 0 Å². The van der Waals surface area contributed by atoms with E-state index in [0.717, 1.165) is 22.4 Å². The number of rotatable bonds is 6. The summed E-state index contributed by atoms with van der Waals surface area (Å²) >= 11 is 6.08. The highest BCUT2D eigenvalue weighted by Gasteiger charge is 2.31. The van der Waals surface area contributed by atoms with Crippen LogP contribution >= 0.6 is 11.6 Å². The van der Waals surface area contributed by atoms with E-state index < -0.39 is 0 Å². The number of fused-ring (bicyclic) bond motifs is 1. The second-order valence-corrected chi connectivity index (χ2v) is 8.26. The van der Waals surface area contributed by atoms with Crippen molar-refractivity contribution in [2.45, 2.75) is 12.6 Å². The maximum atomic E-state index is 13.2. The van der Waals surface area contributed by atoms with Crippen molar-refractivity contribution in [2.75, 3.05) is 11.4 Å². The summed E-state index contributed by atoms with van der Waals surface area (Å²) in [7, 11) is 0. The minimum Gasteiger partial charge on any atom is -0.350 e. The van der Waals surface area contributed by atoms with Gasteiger partial charge in [-0.3, -0.25) is 9.69 Å². The Labute approximate surface area is 200 Å². The third-order valence-corrected chi connectivity index (χ3v) is 5.82. The summed E-state index contributed by atoms with van der Waals surface area (Å²) in [6.45, 7) is 0.297. The van der Waals surface area contributed by atoms with Crippen molar-refractivity contribution in [3.05, 3.63) is 112 Å². The summed E-state index contributed by atoms with van der Waals surface area (Å²) in [5, 5.41) is 15.8. The molecule has 1 atom stereocenters. The first kappa shape index (κ1) is 21.8. The van der Waals surface area contributed by atoms with Crippen LogP contribution in [0.4, 0.5) is 10.3 Å². The number of hydrogen-bond donors (Lipinski definition) is 1. The smallest absolute Gasteiger partial charge is 0.251 e. The molecule has 34 heavy (non-hydrogen) atoms. The van der Waals surface area contributed by atoms with E-state index in [9.17, 15) is 9.18 Å². The number of anilines is 1. The average Bonchev–Trinajstić information content (AvgIpc) is 3.35. The molecule has 0 unspecified atom stereocenters. The minimum atomic E-state index is -0.317. The Balaban J connectivity index is 1.45. The maximum Gasteiger partial charge on any atom is 0.251 e. The highest BCUT2D eigenvalue weighted by molar-refractivity contribution is 6.30. The van der Waals surface area contributed by atoms with Crippen LogP contribution < -0.4 is 10.2 Å². The number of nitrogens with one attached hydrogen (secondary N) is 1. The second kappa shape index (κ2) is 9.44. The normalized spacial score (nSPS) is 14.9. The Hall–Kier alpha value is -4.04. The molecule has 0 saturated carbocycles. The lowest BCUT2D eigenvalue weighted by Gasteiger charge is -2.32. The number of halogens is 2. The van der Waals surface area contributed by atoms with Gasteiger partial charge in [0.25, 0.3) is 5.95 Å². The van der Waals surface area contributed by atoms with E-state index in [0.29, 0.717) is 11.0 Å². The van der Waals surface area contributed by atoms with Crippen LogP contribution in [-0.4, -0.2) is 32.7 Å². The lowest BCUT2D eigenvalue weighted by Crippen LogP contribution is -2.39. The molecule has 0 radical (unpaired) electrons. The Kier molecular flexibility index (Phi) is 6.05. The molecule has 1 amide bonds. The van der Waals surface area contributed by atoms with Gasteiger partial charge in [-0.05, 0) is 57.5 Å². The fourth-order valence-corrected chi connectivity index (χ4v) is 4.01. The third kappa shape index (κ3) is 4.53. The van der Waals surface area contributed by atoms with E-state index in [1.54, 1.807) is 21.7 Å². The zero-order chi connectivity index (χ0) is 23.5. The fraction of sp³-hybridized carbons (Fsp3) is 0.120. The number of amides is 1. The van der Waals surface area contributed by atoms with Gasteiger partial charge in [0.05, 0.1) is 5.70 Å². The van der Waals surface area contributed by atoms with Crippen molar-refractivity contribution in [3.63, 3.8) is 0 Å². The van der Waals surface area contributed by atoms with Gasteiger partial charge in [0.15, 0.2) is 0 Å². The number of tetrazole rings is 1. The van der Waals surface area contributed by atoms with Gasteiger partial charge in [0.1, 0.15) is 18.4 Å². The molecular weight excluding hydrogens is 455 g/mol. The number of aromatic nitrogens is 4. The molecule has 0 bridgehead atoms. The highest BCUT2D eigenvalue weighted by Crippen LogP contribution is 2.36. The average molecular weight is 475 g/mol. The Morgan fingerprint density at radius 3 is 2.47 bits per heavy atom. The maximum absolute atomic E-state index is 13.2. The standard InChI is InChI=1S/C25H20ClFN6O/c26-20-10-8-19(9-11-20)23-14-22(18-4-2-1-3-5-18)32(25-29-30-31-33(23)25)16-24(34)28-15-17-6-12-21(27)13-7-17/h1-14,23H,15-16H2,(H,28,34)/t23-/m0/s1. The summed E-state index contributed by atoms with van der Waals surface area (Å²) in [4.78, 5) is 14.7. The van der Waals surface area contributed by atoms with Crippen molar-refractivity contribution in [1.82, 2.24) is 25.5 Å². The molecule has 0 aliphatic carbocycles. The van der Waals surface area contributed by atoms with Crippen molar-refractivity contribution < 1.29 is 9.18 Å². The number of allylic oxidation sites excluding steroid dienone is 1. The summed E-state index contributed by atoms with van der Waals surface area (Å²) in [5.74, 6) is -0.0769. The number of benzene rings is 3. The second-order valence-electron chi connectivity index (χ2n) is 7.83. The Bertz CT molecular complexity index is 1320. The van der Waals surface area contributed by atoms with Crippen LogP contribution in [0.1, 0.15) is 22.7 Å². The van der Waals surface area contributed by atoms with Crippen LogP contribution in [0, 0.1) is 5.82 Å². The number of carbonyl (C=O) groups excluding carboxylic acids is 1. The molecule has 9 heteroatoms. The molecule has 3 aromatic carbocycles. The molecule has 0 fully saturated rings. The predicted molar refractivity (Wildman–Crippen MR) is 127 cm³/mol. The highest BCUT2D eigenvalue weighted by atomic mass is 35.5. The van der Waals surface area contributed by atoms with Crippen molar-refractivity contribution >= 4 is 29.2 Å². The van der Waals surface area contributed by atoms with E-state index >= 15 is 0 Å². The molecule has 1 N–H and O–H groups in total. The van der Waals surface area contributed by atoms with Gasteiger partial charge in [-0.25, -0.2) is 4.39 Å². The van der Waals surface area contributed by atoms with Crippen molar-refractivity contribution in [3.8, 4) is 0 Å². The minimum absolute atomic E-state index is 0.00956. The number of hydrogen-bond acceptors (Lipinski definition) is 5. The molecule has 4 aromatic rings.